The molecule has 0 amide bonds. The molecule has 5 heteroatoms. The zero-order valence-electron chi connectivity index (χ0n) is 11.2. The Morgan fingerprint density at radius 3 is 2.70 bits per heavy atom. The van der Waals surface area contributed by atoms with Crippen molar-refractivity contribution in [3.63, 3.8) is 0 Å². The van der Waals surface area contributed by atoms with Gasteiger partial charge in [-0.3, -0.25) is 14.2 Å². The van der Waals surface area contributed by atoms with Crippen LogP contribution in [0, 0.1) is 10.5 Å². The highest BCUT2D eigenvalue weighted by atomic mass is 127. The molecule has 0 saturated heterocycles. The van der Waals surface area contributed by atoms with E-state index in [4.69, 9.17) is 0 Å². The Kier molecular flexibility index (Phi) is 5.05. The maximum Gasteiger partial charge on any atom is 0.266 e. The third-order valence-electron chi connectivity index (χ3n) is 3.09. The highest BCUT2D eigenvalue weighted by Crippen LogP contribution is 2.06. The van der Waals surface area contributed by atoms with E-state index < -0.39 is 0 Å². The molecular weight excluding hydrogens is 367 g/mol. The molecule has 104 valence electrons. The van der Waals surface area contributed by atoms with Crippen LogP contribution in [-0.4, -0.2) is 15.3 Å². The molecule has 0 aliphatic carbocycles. The van der Waals surface area contributed by atoms with Gasteiger partial charge in [-0.1, -0.05) is 30.3 Å². The van der Waals surface area contributed by atoms with Crippen molar-refractivity contribution < 1.29 is 4.79 Å². The van der Waals surface area contributed by atoms with Gasteiger partial charge in [0.15, 0.2) is 5.78 Å². The summed E-state index contributed by atoms with van der Waals surface area (Å²) < 4.78 is 2.22. The highest BCUT2D eigenvalue weighted by molar-refractivity contribution is 14.1. The Hall–Kier alpha value is -1.50. The van der Waals surface area contributed by atoms with Gasteiger partial charge < -0.3 is 0 Å². The number of aryl methyl sites for hydroxylation is 1. The molecule has 2 aromatic rings. The lowest BCUT2D eigenvalue weighted by molar-refractivity contribution is 0.0978. The Labute approximate surface area is 131 Å². The zero-order chi connectivity index (χ0) is 14.5. The predicted molar refractivity (Wildman–Crippen MR) is 86.0 cm³/mol. The fourth-order valence-electron chi connectivity index (χ4n) is 1.98. The standard InChI is InChI=1S/C15H15IN2O2/c1-11-17-10-13(16)15(20)18(11)9-5-8-14(19)12-6-3-2-4-7-12/h2-4,6-7,10H,5,8-9H2,1H3. The summed E-state index contributed by atoms with van der Waals surface area (Å²) in [5.74, 6) is 0.789. The number of halogens is 1. The number of Topliss-reactive ketones (excluding diaryl/α,β-unsaturated/α-hetero) is 1. The van der Waals surface area contributed by atoms with Gasteiger partial charge >= 0.3 is 0 Å². The normalized spacial score (nSPS) is 10.5. The van der Waals surface area contributed by atoms with Gasteiger partial charge in [0.2, 0.25) is 0 Å². The minimum atomic E-state index is -0.0368. The minimum Gasteiger partial charge on any atom is -0.296 e. The average molecular weight is 382 g/mol. The van der Waals surface area contributed by atoms with Gasteiger partial charge in [-0.25, -0.2) is 4.98 Å². The smallest absolute Gasteiger partial charge is 0.266 e. The number of benzene rings is 1. The van der Waals surface area contributed by atoms with Crippen molar-refractivity contribution in [1.82, 2.24) is 9.55 Å². The number of carbonyl (C=O) groups is 1. The van der Waals surface area contributed by atoms with Crippen molar-refractivity contribution in [3.8, 4) is 0 Å². The summed E-state index contributed by atoms with van der Waals surface area (Å²) >= 11 is 1.98. The maximum absolute atomic E-state index is 12.0. The van der Waals surface area contributed by atoms with Gasteiger partial charge in [0.1, 0.15) is 5.82 Å². The lowest BCUT2D eigenvalue weighted by Gasteiger charge is -2.08. The lowest BCUT2D eigenvalue weighted by Crippen LogP contribution is -2.25. The second kappa shape index (κ2) is 6.78. The van der Waals surface area contributed by atoms with Gasteiger partial charge in [0.05, 0.1) is 3.57 Å². The fraction of sp³-hybridized carbons (Fsp3) is 0.267. The van der Waals surface area contributed by atoms with Crippen molar-refractivity contribution in [2.75, 3.05) is 0 Å². The molecule has 0 atom stereocenters. The van der Waals surface area contributed by atoms with Gasteiger partial charge in [-0.15, -0.1) is 0 Å². The molecule has 1 aromatic heterocycles. The molecule has 0 spiro atoms. The van der Waals surface area contributed by atoms with Crippen LogP contribution in [0.3, 0.4) is 0 Å². The van der Waals surface area contributed by atoms with E-state index in [0.717, 1.165) is 5.56 Å². The van der Waals surface area contributed by atoms with E-state index in [0.29, 0.717) is 28.8 Å². The quantitative estimate of drug-likeness (QED) is 0.591. The summed E-state index contributed by atoms with van der Waals surface area (Å²) in [5, 5.41) is 0. The molecule has 1 aromatic carbocycles. The van der Waals surface area contributed by atoms with E-state index in [-0.39, 0.29) is 11.3 Å². The fourth-order valence-corrected chi connectivity index (χ4v) is 2.41. The van der Waals surface area contributed by atoms with Crippen LogP contribution < -0.4 is 5.56 Å². The molecule has 0 fully saturated rings. The number of aromatic nitrogens is 2. The molecule has 1 heterocycles. The van der Waals surface area contributed by atoms with Crippen LogP contribution in [0.1, 0.15) is 29.0 Å². The number of nitrogens with zero attached hydrogens (tertiary/aromatic N) is 2. The van der Waals surface area contributed by atoms with Gasteiger partial charge in [0.25, 0.3) is 5.56 Å². The van der Waals surface area contributed by atoms with Crippen LogP contribution in [0.5, 0.6) is 0 Å². The van der Waals surface area contributed by atoms with E-state index in [9.17, 15) is 9.59 Å². The first-order valence-electron chi connectivity index (χ1n) is 6.40. The first kappa shape index (κ1) is 14.9. The lowest BCUT2D eigenvalue weighted by atomic mass is 10.1. The molecule has 0 N–H and O–H groups in total. The van der Waals surface area contributed by atoms with Gasteiger partial charge in [-0.2, -0.15) is 0 Å². The van der Waals surface area contributed by atoms with Crippen LogP contribution in [0.4, 0.5) is 0 Å². The predicted octanol–water partition coefficient (Wildman–Crippen LogP) is 2.82. The van der Waals surface area contributed by atoms with E-state index >= 15 is 0 Å². The maximum atomic E-state index is 12.0. The largest absolute Gasteiger partial charge is 0.296 e. The molecule has 0 aliphatic heterocycles. The SMILES string of the molecule is Cc1ncc(I)c(=O)n1CCCC(=O)c1ccccc1. The number of hydrogen-bond acceptors (Lipinski definition) is 3. The highest BCUT2D eigenvalue weighted by Gasteiger charge is 2.08. The van der Waals surface area contributed by atoms with Crippen molar-refractivity contribution in [2.24, 2.45) is 0 Å². The van der Waals surface area contributed by atoms with Crippen molar-refractivity contribution in [2.45, 2.75) is 26.3 Å². The molecular formula is C15H15IN2O2. The van der Waals surface area contributed by atoms with Gasteiger partial charge in [0, 0.05) is 24.7 Å². The molecule has 2 rings (SSSR count). The average Bonchev–Trinajstić information content (AvgIpc) is 2.47. The number of carbonyl (C=O) groups excluding carboxylic acids is 1. The molecule has 0 saturated carbocycles. The molecule has 0 radical (unpaired) electrons. The monoisotopic (exact) mass is 382 g/mol. The zero-order valence-corrected chi connectivity index (χ0v) is 13.3. The molecule has 0 bridgehead atoms. The van der Waals surface area contributed by atoms with Crippen LogP contribution in [-0.2, 0) is 6.54 Å². The van der Waals surface area contributed by atoms with Crippen LogP contribution in [0.15, 0.2) is 41.3 Å². The topological polar surface area (TPSA) is 52.0 Å². The summed E-state index contributed by atoms with van der Waals surface area (Å²) in [6.07, 6.45) is 2.64. The Bertz CT molecular complexity index is 665. The Morgan fingerprint density at radius 1 is 1.30 bits per heavy atom. The molecule has 20 heavy (non-hydrogen) atoms. The third kappa shape index (κ3) is 3.53. The molecule has 0 aliphatic rings. The van der Waals surface area contributed by atoms with Crippen molar-refractivity contribution in [3.05, 3.63) is 61.8 Å². The number of hydrogen-bond donors (Lipinski definition) is 0. The van der Waals surface area contributed by atoms with E-state index in [2.05, 4.69) is 4.98 Å². The summed E-state index contributed by atoms with van der Waals surface area (Å²) in [6.45, 7) is 2.32. The van der Waals surface area contributed by atoms with E-state index in [1.54, 1.807) is 17.7 Å². The van der Waals surface area contributed by atoms with Crippen molar-refractivity contribution >= 4 is 28.4 Å². The van der Waals surface area contributed by atoms with E-state index in [1.165, 1.54) is 0 Å². The first-order valence-corrected chi connectivity index (χ1v) is 7.47. The second-order valence-corrected chi connectivity index (χ2v) is 5.67. The summed E-state index contributed by atoms with van der Waals surface area (Å²) in [5.41, 5.74) is 0.683. The van der Waals surface area contributed by atoms with E-state index in [1.807, 2.05) is 52.9 Å². The minimum absolute atomic E-state index is 0.0368. The Balaban J connectivity index is 1.99. The Morgan fingerprint density at radius 2 is 2.00 bits per heavy atom. The number of rotatable bonds is 5. The second-order valence-electron chi connectivity index (χ2n) is 4.50. The van der Waals surface area contributed by atoms with Crippen LogP contribution in [0.2, 0.25) is 0 Å². The van der Waals surface area contributed by atoms with Crippen LogP contribution >= 0.6 is 22.6 Å². The van der Waals surface area contributed by atoms with Crippen LogP contribution in [0.25, 0.3) is 0 Å². The third-order valence-corrected chi connectivity index (χ3v) is 3.83. The number of ketones is 1. The molecule has 0 unspecified atom stereocenters. The summed E-state index contributed by atoms with van der Waals surface area (Å²) in [6, 6.07) is 9.22. The summed E-state index contributed by atoms with van der Waals surface area (Å²) in [4.78, 5) is 28.1. The first-order chi connectivity index (χ1) is 9.59. The van der Waals surface area contributed by atoms with Crippen molar-refractivity contribution in [1.29, 1.82) is 0 Å². The molecule has 4 nitrogen and oxygen atoms in total. The summed E-state index contributed by atoms with van der Waals surface area (Å²) in [7, 11) is 0. The van der Waals surface area contributed by atoms with Gasteiger partial charge in [-0.05, 0) is 35.9 Å².